The number of ether oxygens (including phenoxy) is 3. The van der Waals surface area contributed by atoms with E-state index in [2.05, 4.69) is 57.2 Å². The van der Waals surface area contributed by atoms with Gasteiger partial charge in [-0.2, -0.15) is 0 Å². The van der Waals surface area contributed by atoms with E-state index in [0.717, 1.165) is 83.5 Å². The Morgan fingerprint density at radius 1 is 0.267 bits per heavy atom. The van der Waals surface area contributed by atoms with Crippen LogP contribution in [0.4, 0.5) is 0 Å². The van der Waals surface area contributed by atoms with Crippen LogP contribution < -0.4 is 0 Å². The number of carbonyl (C=O) groups excluding carboxylic acids is 3. The summed E-state index contributed by atoms with van der Waals surface area (Å²) in [4.78, 5) is 37.9. The first kappa shape index (κ1) is 72.6. The summed E-state index contributed by atoms with van der Waals surface area (Å²) in [5, 5.41) is 0. The predicted molar refractivity (Wildman–Crippen MR) is 326 cm³/mol. The van der Waals surface area contributed by atoms with Crippen LogP contribution in [0.15, 0.2) is 36.5 Å². The summed E-state index contributed by atoms with van der Waals surface area (Å²) < 4.78 is 16.8. The molecule has 0 aliphatic heterocycles. The zero-order valence-electron chi connectivity index (χ0n) is 50.6. The van der Waals surface area contributed by atoms with Crippen LogP contribution in [-0.2, 0) is 28.6 Å². The smallest absolute Gasteiger partial charge is 0.306 e. The molecule has 0 rings (SSSR count). The first-order valence-corrected chi connectivity index (χ1v) is 33.5. The molecule has 0 aliphatic carbocycles. The first-order chi connectivity index (χ1) is 37.0. The zero-order valence-corrected chi connectivity index (χ0v) is 50.6. The van der Waals surface area contributed by atoms with Crippen molar-refractivity contribution in [3.05, 3.63) is 36.5 Å². The molecular weight excluding hydrogens is 925 g/mol. The second-order valence-electron chi connectivity index (χ2n) is 22.7. The van der Waals surface area contributed by atoms with Gasteiger partial charge in [-0.15, -0.1) is 0 Å². The average molecular weight is 1050 g/mol. The van der Waals surface area contributed by atoms with Gasteiger partial charge >= 0.3 is 17.9 Å². The molecule has 0 aromatic rings. The molecular formula is C69H128O6. The van der Waals surface area contributed by atoms with E-state index in [4.69, 9.17) is 14.2 Å². The Labute approximate surface area is 467 Å². The van der Waals surface area contributed by atoms with Crippen molar-refractivity contribution in [3.8, 4) is 0 Å². The largest absolute Gasteiger partial charge is 0.462 e. The van der Waals surface area contributed by atoms with Crippen LogP contribution in [0.1, 0.15) is 367 Å². The van der Waals surface area contributed by atoms with Crippen LogP contribution in [0.2, 0.25) is 0 Å². The van der Waals surface area contributed by atoms with Gasteiger partial charge < -0.3 is 14.2 Å². The van der Waals surface area contributed by atoms with E-state index >= 15 is 0 Å². The Kier molecular flexibility index (Phi) is 62.1. The van der Waals surface area contributed by atoms with E-state index in [0.29, 0.717) is 19.3 Å². The Hall–Kier alpha value is -2.37. The number of carbonyl (C=O) groups is 3. The highest BCUT2D eigenvalue weighted by molar-refractivity contribution is 5.71. The highest BCUT2D eigenvalue weighted by Gasteiger charge is 2.19. The van der Waals surface area contributed by atoms with E-state index in [9.17, 15) is 14.4 Å². The Bertz CT molecular complexity index is 1250. The van der Waals surface area contributed by atoms with Gasteiger partial charge in [0.1, 0.15) is 13.2 Å². The van der Waals surface area contributed by atoms with Gasteiger partial charge in [0.05, 0.1) is 0 Å². The number of esters is 3. The molecule has 0 fully saturated rings. The van der Waals surface area contributed by atoms with Crippen LogP contribution in [0.25, 0.3) is 0 Å². The summed E-state index contributed by atoms with van der Waals surface area (Å²) in [6.45, 7) is 6.59. The van der Waals surface area contributed by atoms with Crippen LogP contribution in [0.3, 0.4) is 0 Å². The Balaban J connectivity index is 3.94. The minimum atomic E-state index is -0.774. The Morgan fingerprint density at radius 3 is 0.747 bits per heavy atom. The fourth-order valence-electron chi connectivity index (χ4n) is 10.1. The summed E-state index contributed by atoms with van der Waals surface area (Å²) in [6, 6.07) is 0. The molecule has 6 nitrogen and oxygen atoms in total. The van der Waals surface area contributed by atoms with E-state index in [1.807, 2.05) is 0 Å². The molecule has 0 aliphatic rings. The molecule has 1 atom stereocenters. The van der Waals surface area contributed by atoms with Crippen molar-refractivity contribution in [2.75, 3.05) is 13.2 Å². The molecule has 0 aromatic heterocycles. The lowest BCUT2D eigenvalue weighted by atomic mass is 10.0. The molecule has 0 saturated carbocycles. The maximum absolute atomic E-state index is 12.8. The van der Waals surface area contributed by atoms with Gasteiger partial charge in [0.25, 0.3) is 0 Å². The summed E-state index contributed by atoms with van der Waals surface area (Å²) >= 11 is 0. The average Bonchev–Trinajstić information content (AvgIpc) is 3.41. The lowest BCUT2D eigenvalue weighted by Gasteiger charge is -2.18. The topological polar surface area (TPSA) is 78.9 Å². The second-order valence-corrected chi connectivity index (χ2v) is 22.7. The fourth-order valence-corrected chi connectivity index (χ4v) is 10.1. The van der Waals surface area contributed by atoms with Gasteiger partial charge in [-0.1, -0.05) is 327 Å². The van der Waals surface area contributed by atoms with Crippen molar-refractivity contribution < 1.29 is 28.6 Å². The number of rotatable bonds is 62. The maximum Gasteiger partial charge on any atom is 0.306 e. The quantitative estimate of drug-likeness (QED) is 0.0261. The van der Waals surface area contributed by atoms with Crippen LogP contribution >= 0.6 is 0 Å². The predicted octanol–water partition coefficient (Wildman–Crippen LogP) is 22.8. The standard InChI is InChI=1S/C69H128O6/c1-4-7-10-13-15-17-19-21-23-25-27-29-30-31-32-33-34-35-36-37-38-40-41-43-45-47-49-51-53-56-59-62-68(71)74-65-66(64-73-67(70)61-58-55-12-9-6-3)75-69(72)63-60-57-54-52-50-48-46-44-42-39-28-26-24-22-20-18-16-14-11-8-5-2/h20,22,26,28,42,44,66H,4-19,21,23-25,27,29-41,43,45-65H2,1-3H3/b22-20-,28-26-,44-42-. The van der Waals surface area contributed by atoms with E-state index < -0.39 is 6.10 Å². The minimum Gasteiger partial charge on any atom is -0.462 e. The molecule has 0 spiro atoms. The monoisotopic (exact) mass is 1050 g/mol. The summed E-state index contributed by atoms with van der Waals surface area (Å²) in [5.74, 6) is -0.881. The number of hydrogen-bond acceptors (Lipinski definition) is 6. The van der Waals surface area contributed by atoms with Gasteiger partial charge in [0.2, 0.25) is 0 Å². The van der Waals surface area contributed by atoms with Gasteiger partial charge in [-0.25, -0.2) is 0 Å². The van der Waals surface area contributed by atoms with Crippen LogP contribution in [0, 0.1) is 0 Å². The van der Waals surface area contributed by atoms with Crippen molar-refractivity contribution in [3.63, 3.8) is 0 Å². The van der Waals surface area contributed by atoms with Crippen molar-refractivity contribution in [1.82, 2.24) is 0 Å². The highest BCUT2D eigenvalue weighted by Crippen LogP contribution is 2.18. The lowest BCUT2D eigenvalue weighted by Crippen LogP contribution is -2.30. The molecule has 440 valence electrons. The number of unbranched alkanes of at least 4 members (excludes halogenated alkanes) is 45. The number of hydrogen-bond donors (Lipinski definition) is 0. The maximum atomic E-state index is 12.8. The molecule has 75 heavy (non-hydrogen) atoms. The summed E-state index contributed by atoms with van der Waals surface area (Å²) in [6.07, 6.45) is 79.4. The normalized spacial score (nSPS) is 12.2. The fraction of sp³-hybridized carbons (Fsp3) is 0.870. The third-order valence-electron chi connectivity index (χ3n) is 15.1. The third-order valence-corrected chi connectivity index (χ3v) is 15.1. The molecule has 0 heterocycles. The van der Waals surface area contributed by atoms with E-state index in [-0.39, 0.29) is 31.1 Å². The molecule has 0 N–H and O–H groups in total. The highest BCUT2D eigenvalue weighted by atomic mass is 16.6. The zero-order chi connectivity index (χ0) is 54.3. The van der Waals surface area contributed by atoms with Crippen molar-refractivity contribution in [1.29, 1.82) is 0 Å². The van der Waals surface area contributed by atoms with Crippen LogP contribution in [0.5, 0.6) is 0 Å². The molecule has 0 amide bonds. The molecule has 0 aromatic carbocycles. The SMILES string of the molecule is CCCCCCC/C=C\C/C=C\C/C=C\CCCCCCCCC(=O)OC(COC(=O)CCCCCCC)COC(=O)CCCCCCCCCCCCCCCCCCCCCCCCCCCCCCCCC. The number of allylic oxidation sites excluding steroid dienone is 6. The summed E-state index contributed by atoms with van der Waals surface area (Å²) in [5.41, 5.74) is 0. The molecule has 0 bridgehead atoms. The third kappa shape index (κ3) is 62.4. The van der Waals surface area contributed by atoms with Gasteiger partial charge in [0.15, 0.2) is 6.10 Å². The molecule has 0 radical (unpaired) electrons. The lowest BCUT2D eigenvalue weighted by molar-refractivity contribution is -0.167. The van der Waals surface area contributed by atoms with E-state index in [1.54, 1.807) is 0 Å². The Morgan fingerprint density at radius 2 is 0.480 bits per heavy atom. The van der Waals surface area contributed by atoms with E-state index in [1.165, 1.54) is 244 Å². The van der Waals surface area contributed by atoms with Gasteiger partial charge in [-0.05, 0) is 57.8 Å². The van der Waals surface area contributed by atoms with Crippen LogP contribution in [-0.4, -0.2) is 37.2 Å². The molecule has 1 unspecified atom stereocenters. The van der Waals surface area contributed by atoms with Crippen molar-refractivity contribution >= 4 is 17.9 Å². The molecule has 0 saturated heterocycles. The van der Waals surface area contributed by atoms with Gasteiger partial charge in [0, 0.05) is 19.3 Å². The molecule has 6 heteroatoms. The summed E-state index contributed by atoms with van der Waals surface area (Å²) in [7, 11) is 0. The second kappa shape index (κ2) is 64.2. The van der Waals surface area contributed by atoms with Crippen molar-refractivity contribution in [2.45, 2.75) is 374 Å². The first-order valence-electron chi connectivity index (χ1n) is 33.5. The van der Waals surface area contributed by atoms with Gasteiger partial charge in [-0.3, -0.25) is 14.4 Å². The van der Waals surface area contributed by atoms with Crippen molar-refractivity contribution in [2.24, 2.45) is 0 Å². The minimum absolute atomic E-state index is 0.0741.